The fourth-order valence-corrected chi connectivity index (χ4v) is 1.86. The van der Waals surface area contributed by atoms with Crippen molar-refractivity contribution in [2.24, 2.45) is 5.41 Å². The molecule has 0 atom stereocenters. The molecule has 14 heavy (non-hydrogen) atoms. The molecule has 2 rings (SSSR count). The summed E-state index contributed by atoms with van der Waals surface area (Å²) in [4.78, 5) is 0. The Kier molecular flexibility index (Phi) is 2.64. The van der Waals surface area contributed by atoms with Crippen LogP contribution in [0.5, 0.6) is 0 Å². The Hall–Kier alpha value is -0.760. The lowest BCUT2D eigenvalue weighted by Crippen LogP contribution is -2.23. The van der Waals surface area contributed by atoms with Crippen molar-refractivity contribution in [2.75, 3.05) is 6.54 Å². The van der Waals surface area contributed by atoms with Crippen molar-refractivity contribution < 1.29 is 4.42 Å². The van der Waals surface area contributed by atoms with Crippen LogP contribution in [0.25, 0.3) is 0 Å². The molecule has 0 amide bonds. The van der Waals surface area contributed by atoms with Gasteiger partial charge in [0.1, 0.15) is 5.76 Å². The van der Waals surface area contributed by atoms with Crippen molar-refractivity contribution in [2.45, 2.75) is 39.7 Å². The molecule has 78 valence electrons. The summed E-state index contributed by atoms with van der Waals surface area (Å²) in [5.41, 5.74) is 1.87. The Morgan fingerprint density at radius 3 is 2.79 bits per heavy atom. The maximum absolute atomic E-state index is 5.37. The average molecular weight is 193 g/mol. The predicted octanol–water partition coefficient (Wildman–Crippen LogP) is 2.87. The molecule has 1 aromatic heterocycles. The molecule has 0 unspecified atom stereocenters. The Morgan fingerprint density at radius 2 is 2.29 bits per heavy atom. The highest BCUT2D eigenvalue weighted by Crippen LogP contribution is 2.47. The number of hydrogen-bond acceptors (Lipinski definition) is 2. The predicted molar refractivity (Wildman–Crippen MR) is 57.1 cm³/mol. The van der Waals surface area contributed by atoms with Crippen LogP contribution in [0.2, 0.25) is 0 Å². The van der Waals surface area contributed by atoms with Crippen LogP contribution in [0.4, 0.5) is 0 Å². The molecule has 1 N–H and O–H groups in total. The largest absolute Gasteiger partial charge is 0.468 e. The normalized spacial score (nSPS) is 18.4. The Bertz CT molecular complexity index is 299. The minimum absolute atomic E-state index is 0.625. The van der Waals surface area contributed by atoms with E-state index in [-0.39, 0.29) is 0 Å². The van der Waals surface area contributed by atoms with Crippen LogP contribution >= 0.6 is 0 Å². The third kappa shape index (κ3) is 2.01. The minimum atomic E-state index is 0.625. The summed E-state index contributed by atoms with van der Waals surface area (Å²) in [6.45, 7) is 6.39. The van der Waals surface area contributed by atoms with Gasteiger partial charge in [-0.25, -0.2) is 0 Å². The Balaban J connectivity index is 1.76. The fraction of sp³-hybridized carbons (Fsp3) is 0.667. The van der Waals surface area contributed by atoms with Crippen LogP contribution < -0.4 is 5.32 Å². The first-order valence-corrected chi connectivity index (χ1v) is 5.49. The van der Waals surface area contributed by atoms with Crippen molar-refractivity contribution in [3.8, 4) is 0 Å². The van der Waals surface area contributed by atoms with E-state index in [0.29, 0.717) is 5.41 Å². The zero-order valence-corrected chi connectivity index (χ0v) is 9.10. The van der Waals surface area contributed by atoms with Gasteiger partial charge in [0.25, 0.3) is 0 Å². The molecular formula is C12H19NO. The highest BCUT2D eigenvalue weighted by atomic mass is 16.3. The summed E-state index contributed by atoms with van der Waals surface area (Å²) in [6, 6.07) is 2.02. The maximum Gasteiger partial charge on any atom is 0.120 e. The van der Waals surface area contributed by atoms with E-state index in [1.54, 1.807) is 6.26 Å². The molecule has 0 spiro atoms. The van der Waals surface area contributed by atoms with Gasteiger partial charge >= 0.3 is 0 Å². The highest BCUT2D eigenvalue weighted by molar-refractivity contribution is 5.14. The number of furan rings is 1. The molecule has 0 radical (unpaired) electrons. The molecule has 1 fully saturated rings. The first-order chi connectivity index (χ1) is 6.76. The fourth-order valence-electron chi connectivity index (χ4n) is 1.86. The second-order valence-electron chi connectivity index (χ2n) is 4.48. The number of rotatable bonds is 5. The SMILES string of the molecule is CCC1(CNCc2occc2C)CC1. The molecule has 1 heterocycles. The average Bonchev–Trinajstić information content (AvgIpc) is 2.86. The lowest BCUT2D eigenvalue weighted by Gasteiger charge is -2.12. The molecule has 1 aliphatic rings. The Morgan fingerprint density at radius 1 is 1.50 bits per heavy atom. The van der Waals surface area contributed by atoms with E-state index >= 15 is 0 Å². The second-order valence-corrected chi connectivity index (χ2v) is 4.48. The smallest absolute Gasteiger partial charge is 0.120 e. The van der Waals surface area contributed by atoms with Gasteiger partial charge < -0.3 is 9.73 Å². The monoisotopic (exact) mass is 193 g/mol. The van der Waals surface area contributed by atoms with Gasteiger partial charge in [-0.3, -0.25) is 0 Å². The summed E-state index contributed by atoms with van der Waals surface area (Å²) in [5, 5.41) is 3.49. The van der Waals surface area contributed by atoms with Crippen LogP contribution in [0.1, 0.15) is 37.5 Å². The first kappa shape index (κ1) is 9.78. The summed E-state index contributed by atoms with van der Waals surface area (Å²) in [5.74, 6) is 1.08. The van der Waals surface area contributed by atoms with Crippen LogP contribution in [0.15, 0.2) is 16.7 Å². The Labute approximate surface area is 85.7 Å². The number of hydrogen-bond donors (Lipinski definition) is 1. The first-order valence-electron chi connectivity index (χ1n) is 5.49. The quantitative estimate of drug-likeness (QED) is 0.778. The van der Waals surface area contributed by atoms with E-state index in [1.807, 2.05) is 6.07 Å². The van der Waals surface area contributed by atoms with Crippen molar-refractivity contribution in [1.82, 2.24) is 5.32 Å². The number of aryl methyl sites for hydroxylation is 1. The molecule has 0 aliphatic heterocycles. The third-order valence-corrected chi connectivity index (χ3v) is 3.46. The lowest BCUT2D eigenvalue weighted by atomic mass is 10.0. The molecule has 1 saturated carbocycles. The van der Waals surface area contributed by atoms with Gasteiger partial charge in [-0.15, -0.1) is 0 Å². The summed E-state index contributed by atoms with van der Waals surface area (Å²) >= 11 is 0. The van der Waals surface area contributed by atoms with Gasteiger partial charge in [-0.1, -0.05) is 6.92 Å². The van der Waals surface area contributed by atoms with E-state index in [0.717, 1.165) is 18.8 Å². The van der Waals surface area contributed by atoms with Crippen LogP contribution in [-0.2, 0) is 6.54 Å². The van der Waals surface area contributed by atoms with Gasteiger partial charge in [-0.05, 0) is 43.2 Å². The highest BCUT2D eigenvalue weighted by Gasteiger charge is 2.39. The van der Waals surface area contributed by atoms with E-state index in [4.69, 9.17) is 4.42 Å². The van der Waals surface area contributed by atoms with E-state index in [2.05, 4.69) is 19.2 Å². The second kappa shape index (κ2) is 3.77. The van der Waals surface area contributed by atoms with E-state index < -0.39 is 0 Å². The standard InChI is InChI=1S/C12H19NO/c1-3-12(5-6-12)9-13-8-11-10(2)4-7-14-11/h4,7,13H,3,5-6,8-9H2,1-2H3. The molecule has 2 nitrogen and oxygen atoms in total. The van der Waals surface area contributed by atoms with E-state index in [9.17, 15) is 0 Å². The maximum atomic E-state index is 5.37. The van der Waals surface area contributed by atoms with Gasteiger partial charge in [0, 0.05) is 6.54 Å². The topological polar surface area (TPSA) is 25.2 Å². The van der Waals surface area contributed by atoms with Crippen molar-refractivity contribution in [3.63, 3.8) is 0 Å². The molecule has 1 aromatic rings. The van der Waals surface area contributed by atoms with Crippen LogP contribution in [-0.4, -0.2) is 6.54 Å². The molecule has 0 saturated heterocycles. The van der Waals surface area contributed by atoms with E-state index in [1.165, 1.54) is 24.8 Å². The van der Waals surface area contributed by atoms with Gasteiger partial charge in [0.2, 0.25) is 0 Å². The number of nitrogens with one attached hydrogen (secondary N) is 1. The molecule has 1 aliphatic carbocycles. The van der Waals surface area contributed by atoms with Gasteiger partial charge in [-0.2, -0.15) is 0 Å². The summed E-state index contributed by atoms with van der Waals surface area (Å²) in [7, 11) is 0. The van der Waals surface area contributed by atoms with Crippen molar-refractivity contribution >= 4 is 0 Å². The summed E-state index contributed by atoms with van der Waals surface area (Å²) in [6.07, 6.45) is 5.86. The zero-order valence-electron chi connectivity index (χ0n) is 9.10. The van der Waals surface area contributed by atoms with Crippen molar-refractivity contribution in [1.29, 1.82) is 0 Å². The minimum Gasteiger partial charge on any atom is -0.468 e. The molecule has 2 heteroatoms. The third-order valence-electron chi connectivity index (χ3n) is 3.46. The molecule has 0 bridgehead atoms. The van der Waals surface area contributed by atoms with Gasteiger partial charge in [0.15, 0.2) is 0 Å². The lowest BCUT2D eigenvalue weighted by molar-refractivity contribution is 0.415. The van der Waals surface area contributed by atoms with Gasteiger partial charge in [0.05, 0.1) is 12.8 Å². The van der Waals surface area contributed by atoms with Crippen LogP contribution in [0, 0.1) is 12.3 Å². The van der Waals surface area contributed by atoms with Crippen LogP contribution in [0.3, 0.4) is 0 Å². The zero-order chi connectivity index (χ0) is 10.0. The summed E-state index contributed by atoms with van der Waals surface area (Å²) < 4.78 is 5.37. The molecular weight excluding hydrogens is 174 g/mol. The van der Waals surface area contributed by atoms with Crippen molar-refractivity contribution in [3.05, 3.63) is 23.7 Å². The molecule has 0 aromatic carbocycles.